The molecule has 1 aromatic heterocycles. The van der Waals surface area contributed by atoms with E-state index < -0.39 is 6.04 Å². The van der Waals surface area contributed by atoms with Crippen LogP contribution in [0.5, 0.6) is 5.75 Å². The molecular formula is C28H34N4O3S. The number of ether oxygens (including phenoxy) is 1. The Kier molecular flexibility index (Phi) is 8.74. The summed E-state index contributed by atoms with van der Waals surface area (Å²) in [7, 11) is 1.67. The summed E-state index contributed by atoms with van der Waals surface area (Å²) in [6.45, 7) is 4.68. The third-order valence-electron chi connectivity index (χ3n) is 6.56. The van der Waals surface area contributed by atoms with Crippen LogP contribution in [0.4, 0.5) is 0 Å². The fourth-order valence-corrected chi connectivity index (χ4v) is 5.33. The maximum absolute atomic E-state index is 13.4. The average Bonchev–Trinajstić information content (AvgIpc) is 3.59. The molecular weight excluding hydrogens is 472 g/mol. The van der Waals surface area contributed by atoms with Gasteiger partial charge in [-0.05, 0) is 48.1 Å². The van der Waals surface area contributed by atoms with Crippen molar-refractivity contribution in [1.82, 2.24) is 15.1 Å². The van der Waals surface area contributed by atoms with E-state index in [9.17, 15) is 9.59 Å². The summed E-state index contributed by atoms with van der Waals surface area (Å²) in [6.07, 6.45) is 0.559. The number of benzene rings is 2. The Bertz CT molecular complexity index is 1150. The minimum atomic E-state index is -0.540. The zero-order valence-electron chi connectivity index (χ0n) is 20.9. The van der Waals surface area contributed by atoms with Gasteiger partial charge in [-0.1, -0.05) is 48.0 Å². The number of likely N-dealkylation sites (tertiary alicyclic amines) is 1. The lowest BCUT2D eigenvalue weighted by Gasteiger charge is -2.29. The molecule has 0 radical (unpaired) electrons. The SMILES string of the molecule is COc1cccc(CN(Cc2ccc(C)cc2)C2CC(C(=O)NCCN)N(C(=O)c3cccs3)C2)c1. The van der Waals surface area contributed by atoms with Crippen molar-refractivity contribution >= 4 is 23.2 Å². The smallest absolute Gasteiger partial charge is 0.264 e. The summed E-state index contributed by atoms with van der Waals surface area (Å²) in [5.74, 6) is 0.560. The van der Waals surface area contributed by atoms with Crippen molar-refractivity contribution in [2.24, 2.45) is 5.73 Å². The molecule has 1 saturated heterocycles. The van der Waals surface area contributed by atoms with Gasteiger partial charge in [-0.3, -0.25) is 14.5 Å². The van der Waals surface area contributed by atoms with Crippen LogP contribution in [0.3, 0.4) is 0 Å². The molecule has 190 valence electrons. The van der Waals surface area contributed by atoms with Crippen LogP contribution in [-0.2, 0) is 17.9 Å². The van der Waals surface area contributed by atoms with Gasteiger partial charge in [-0.15, -0.1) is 11.3 Å². The fourth-order valence-electron chi connectivity index (χ4n) is 4.65. The highest BCUT2D eigenvalue weighted by molar-refractivity contribution is 7.12. The second-order valence-electron chi connectivity index (χ2n) is 9.16. The van der Waals surface area contributed by atoms with Crippen LogP contribution < -0.4 is 15.8 Å². The molecule has 3 aromatic rings. The van der Waals surface area contributed by atoms with Crippen molar-refractivity contribution in [2.75, 3.05) is 26.7 Å². The first kappa shape index (κ1) is 25.9. The summed E-state index contributed by atoms with van der Waals surface area (Å²) in [4.78, 5) is 31.2. The predicted molar refractivity (Wildman–Crippen MR) is 143 cm³/mol. The maximum atomic E-state index is 13.4. The number of thiophene rings is 1. The Labute approximate surface area is 216 Å². The van der Waals surface area contributed by atoms with E-state index in [2.05, 4.69) is 47.5 Å². The van der Waals surface area contributed by atoms with E-state index in [4.69, 9.17) is 10.5 Å². The first-order chi connectivity index (χ1) is 17.5. The summed E-state index contributed by atoms with van der Waals surface area (Å²) in [5, 5.41) is 4.78. The van der Waals surface area contributed by atoms with Gasteiger partial charge in [0.15, 0.2) is 0 Å². The third-order valence-corrected chi connectivity index (χ3v) is 7.42. The first-order valence-corrected chi connectivity index (χ1v) is 13.1. The standard InChI is InChI=1S/C28H34N4O3S/c1-20-8-10-21(11-9-20)17-31(18-22-5-3-6-24(15-22)35-2)23-16-25(27(33)30-13-12-29)32(19-23)28(34)26-7-4-14-36-26/h3-11,14-15,23,25H,12-13,16-19,29H2,1-2H3,(H,30,33). The highest BCUT2D eigenvalue weighted by Gasteiger charge is 2.42. The maximum Gasteiger partial charge on any atom is 0.264 e. The number of nitrogens with two attached hydrogens (primary N) is 1. The van der Waals surface area contributed by atoms with E-state index >= 15 is 0 Å². The van der Waals surface area contributed by atoms with E-state index in [-0.39, 0.29) is 17.9 Å². The van der Waals surface area contributed by atoms with Crippen molar-refractivity contribution < 1.29 is 14.3 Å². The van der Waals surface area contributed by atoms with Crippen molar-refractivity contribution in [2.45, 2.75) is 38.5 Å². The molecule has 8 heteroatoms. The summed E-state index contributed by atoms with van der Waals surface area (Å²) < 4.78 is 5.44. The molecule has 2 atom stereocenters. The Morgan fingerprint density at radius 2 is 1.89 bits per heavy atom. The molecule has 0 bridgehead atoms. The van der Waals surface area contributed by atoms with E-state index in [1.54, 1.807) is 12.0 Å². The fraction of sp³-hybridized carbons (Fsp3) is 0.357. The van der Waals surface area contributed by atoms with Crippen LogP contribution in [0.2, 0.25) is 0 Å². The summed E-state index contributed by atoms with van der Waals surface area (Å²) in [5.41, 5.74) is 9.14. The van der Waals surface area contributed by atoms with Gasteiger partial charge in [0.1, 0.15) is 11.8 Å². The van der Waals surface area contributed by atoms with Gasteiger partial charge >= 0.3 is 0 Å². The van der Waals surface area contributed by atoms with E-state index in [1.165, 1.54) is 22.5 Å². The predicted octanol–water partition coefficient (Wildman–Crippen LogP) is 3.43. The van der Waals surface area contributed by atoms with Gasteiger partial charge in [0.25, 0.3) is 5.91 Å². The highest BCUT2D eigenvalue weighted by atomic mass is 32.1. The van der Waals surface area contributed by atoms with Crippen LogP contribution in [0, 0.1) is 6.92 Å². The van der Waals surface area contributed by atoms with Gasteiger partial charge in [0.2, 0.25) is 5.91 Å². The number of methoxy groups -OCH3 is 1. The average molecular weight is 507 g/mol. The molecule has 0 spiro atoms. The minimum Gasteiger partial charge on any atom is -0.497 e. The van der Waals surface area contributed by atoms with Crippen LogP contribution in [0.15, 0.2) is 66.0 Å². The molecule has 2 amide bonds. The topological polar surface area (TPSA) is 87.9 Å². The van der Waals surface area contributed by atoms with Crippen LogP contribution in [0.1, 0.15) is 32.8 Å². The number of aryl methyl sites for hydroxylation is 1. The Hall–Kier alpha value is -3.20. The van der Waals surface area contributed by atoms with Crippen molar-refractivity contribution in [1.29, 1.82) is 0 Å². The van der Waals surface area contributed by atoms with Crippen LogP contribution in [-0.4, -0.2) is 60.4 Å². The number of amides is 2. The van der Waals surface area contributed by atoms with E-state index in [0.717, 1.165) is 11.3 Å². The summed E-state index contributed by atoms with van der Waals surface area (Å²) >= 11 is 1.40. The lowest BCUT2D eigenvalue weighted by Crippen LogP contribution is -2.46. The molecule has 0 saturated carbocycles. The van der Waals surface area contributed by atoms with Gasteiger partial charge in [0.05, 0.1) is 12.0 Å². The van der Waals surface area contributed by atoms with Gasteiger partial charge < -0.3 is 20.7 Å². The zero-order valence-corrected chi connectivity index (χ0v) is 21.7. The van der Waals surface area contributed by atoms with Crippen LogP contribution in [0.25, 0.3) is 0 Å². The van der Waals surface area contributed by atoms with Gasteiger partial charge in [0, 0.05) is 38.8 Å². The number of nitrogens with one attached hydrogen (secondary N) is 1. The number of rotatable bonds is 10. The Balaban J connectivity index is 1.62. The molecule has 1 aliphatic heterocycles. The largest absolute Gasteiger partial charge is 0.497 e. The Morgan fingerprint density at radius 1 is 1.11 bits per heavy atom. The van der Waals surface area contributed by atoms with E-state index in [0.29, 0.717) is 44.0 Å². The first-order valence-electron chi connectivity index (χ1n) is 12.2. The molecule has 1 aliphatic rings. The van der Waals surface area contributed by atoms with Crippen molar-refractivity contribution in [3.63, 3.8) is 0 Å². The van der Waals surface area contributed by atoms with E-state index in [1.807, 2.05) is 35.7 Å². The van der Waals surface area contributed by atoms with Gasteiger partial charge in [-0.25, -0.2) is 0 Å². The number of carbonyl (C=O) groups is 2. The number of hydrogen-bond acceptors (Lipinski definition) is 6. The van der Waals surface area contributed by atoms with Crippen LogP contribution >= 0.6 is 11.3 Å². The van der Waals surface area contributed by atoms with Gasteiger partial charge in [-0.2, -0.15) is 0 Å². The summed E-state index contributed by atoms with van der Waals surface area (Å²) in [6, 6.07) is 19.7. The lowest BCUT2D eigenvalue weighted by molar-refractivity contribution is -0.124. The number of carbonyl (C=O) groups excluding carboxylic acids is 2. The molecule has 2 aromatic carbocycles. The number of hydrogen-bond donors (Lipinski definition) is 2. The molecule has 7 nitrogen and oxygen atoms in total. The monoisotopic (exact) mass is 506 g/mol. The Morgan fingerprint density at radius 3 is 2.58 bits per heavy atom. The molecule has 2 unspecified atom stereocenters. The second kappa shape index (κ2) is 12.2. The quantitative estimate of drug-likeness (QED) is 0.440. The zero-order chi connectivity index (χ0) is 25.5. The molecule has 2 heterocycles. The van der Waals surface area contributed by atoms with Crippen molar-refractivity contribution in [3.8, 4) is 5.75 Å². The molecule has 36 heavy (non-hydrogen) atoms. The normalized spacial score (nSPS) is 17.4. The highest BCUT2D eigenvalue weighted by Crippen LogP contribution is 2.29. The molecule has 3 N–H and O–H groups in total. The second-order valence-corrected chi connectivity index (χ2v) is 10.1. The third kappa shape index (κ3) is 6.32. The number of nitrogens with zero attached hydrogens (tertiary/aromatic N) is 2. The molecule has 4 rings (SSSR count). The minimum absolute atomic E-state index is 0.00930. The molecule has 0 aliphatic carbocycles. The van der Waals surface area contributed by atoms with Crippen molar-refractivity contribution in [3.05, 3.63) is 87.6 Å². The lowest BCUT2D eigenvalue weighted by atomic mass is 10.1. The molecule has 1 fully saturated rings.